The van der Waals surface area contributed by atoms with Gasteiger partial charge in [-0.2, -0.15) is 0 Å². The van der Waals surface area contributed by atoms with Crippen LogP contribution in [0, 0.1) is 0 Å². The van der Waals surface area contributed by atoms with Crippen molar-refractivity contribution in [2.45, 2.75) is 13.8 Å². The minimum absolute atomic E-state index is 0.00312. The van der Waals surface area contributed by atoms with Crippen LogP contribution in [0.25, 0.3) is 0 Å². The molecule has 0 saturated heterocycles. The summed E-state index contributed by atoms with van der Waals surface area (Å²) < 4.78 is 10.4. The Morgan fingerprint density at radius 3 is 2.73 bits per heavy atom. The van der Waals surface area contributed by atoms with Crippen LogP contribution < -0.4 is 4.74 Å². The van der Waals surface area contributed by atoms with Crippen molar-refractivity contribution in [3.05, 3.63) is 23.9 Å². The standard InChI is InChI=1S/C11H15NO3/c1-3-14-6-7-15-11-5-4-10(8-12-11)9(2)13/h4-5,8H,3,6-7H2,1-2H3. The summed E-state index contributed by atoms with van der Waals surface area (Å²) in [5, 5.41) is 0. The molecule has 0 atom stereocenters. The summed E-state index contributed by atoms with van der Waals surface area (Å²) in [5.74, 6) is 0.517. The van der Waals surface area contributed by atoms with E-state index < -0.39 is 0 Å². The van der Waals surface area contributed by atoms with Crippen molar-refractivity contribution in [1.82, 2.24) is 4.98 Å². The molecule has 0 amide bonds. The largest absolute Gasteiger partial charge is 0.475 e. The number of aromatic nitrogens is 1. The summed E-state index contributed by atoms with van der Waals surface area (Å²) in [4.78, 5) is 15.0. The topological polar surface area (TPSA) is 48.4 Å². The number of carbonyl (C=O) groups is 1. The lowest BCUT2D eigenvalue weighted by Crippen LogP contribution is -2.07. The molecule has 4 nitrogen and oxygen atoms in total. The van der Waals surface area contributed by atoms with Gasteiger partial charge in [0.2, 0.25) is 5.88 Å². The molecular formula is C11H15NO3. The van der Waals surface area contributed by atoms with Gasteiger partial charge in [-0.1, -0.05) is 0 Å². The van der Waals surface area contributed by atoms with E-state index in [0.29, 0.717) is 31.3 Å². The molecule has 15 heavy (non-hydrogen) atoms. The van der Waals surface area contributed by atoms with E-state index >= 15 is 0 Å². The fraction of sp³-hybridized carbons (Fsp3) is 0.455. The van der Waals surface area contributed by atoms with Gasteiger partial charge in [0, 0.05) is 24.4 Å². The monoisotopic (exact) mass is 209 g/mol. The van der Waals surface area contributed by atoms with Crippen LogP contribution in [0.5, 0.6) is 5.88 Å². The van der Waals surface area contributed by atoms with E-state index in [2.05, 4.69) is 4.98 Å². The maximum absolute atomic E-state index is 11.0. The predicted molar refractivity (Wildman–Crippen MR) is 56.2 cm³/mol. The van der Waals surface area contributed by atoms with Crippen molar-refractivity contribution < 1.29 is 14.3 Å². The average molecular weight is 209 g/mol. The fourth-order valence-electron chi connectivity index (χ4n) is 1.02. The van der Waals surface area contributed by atoms with Crippen molar-refractivity contribution in [3.8, 4) is 5.88 Å². The lowest BCUT2D eigenvalue weighted by Gasteiger charge is -2.05. The first-order valence-electron chi connectivity index (χ1n) is 4.91. The van der Waals surface area contributed by atoms with Crippen LogP contribution in [0.15, 0.2) is 18.3 Å². The molecule has 0 aliphatic rings. The molecule has 0 aliphatic carbocycles. The van der Waals surface area contributed by atoms with Gasteiger partial charge in [0.05, 0.1) is 6.61 Å². The molecule has 1 aromatic rings. The smallest absolute Gasteiger partial charge is 0.213 e. The Labute approximate surface area is 89.2 Å². The Balaban J connectivity index is 2.39. The number of hydrogen-bond donors (Lipinski definition) is 0. The molecular weight excluding hydrogens is 194 g/mol. The molecule has 0 spiro atoms. The molecule has 0 N–H and O–H groups in total. The van der Waals surface area contributed by atoms with Crippen LogP contribution >= 0.6 is 0 Å². The SMILES string of the molecule is CCOCCOc1ccc(C(C)=O)cn1. The molecule has 0 aliphatic heterocycles. The van der Waals surface area contributed by atoms with E-state index in [9.17, 15) is 4.79 Å². The Morgan fingerprint density at radius 2 is 2.20 bits per heavy atom. The van der Waals surface area contributed by atoms with Gasteiger partial charge in [0.25, 0.3) is 0 Å². The van der Waals surface area contributed by atoms with Gasteiger partial charge in [-0.05, 0) is 19.9 Å². The first-order valence-corrected chi connectivity index (χ1v) is 4.91. The Morgan fingerprint density at radius 1 is 1.40 bits per heavy atom. The molecule has 1 aromatic heterocycles. The third-order valence-electron chi connectivity index (χ3n) is 1.82. The summed E-state index contributed by atoms with van der Waals surface area (Å²) in [6, 6.07) is 3.38. The third kappa shape index (κ3) is 4.08. The summed E-state index contributed by atoms with van der Waals surface area (Å²) in [5.41, 5.74) is 0.590. The zero-order chi connectivity index (χ0) is 11.1. The summed E-state index contributed by atoms with van der Waals surface area (Å²) >= 11 is 0. The van der Waals surface area contributed by atoms with Gasteiger partial charge in [0.1, 0.15) is 6.61 Å². The summed E-state index contributed by atoms with van der Waals surface area (Å²) in [6.07, 6.45) is 1.51. The van der Waals surface area contributed by atoms with Crippen molar-refractivity contribution >= 4 is 5.78 Å². The molecule has 0 unspecified atom stereocenters. The minimum atomic E-state index is 0.00312. The lowest BCUT2D eigenvalue weighted by atomic mass is 10.2. The van der Waals surface area contributed by atoms with Crippen molar-refractivity contribution in [3.63, 3.8) is 0 Å². The highest BCUT2D eigenvalue weighted by atomic mass is 16.5. The molecule has 82 valence electrons. The summed E-state index contributed by atoms with van der Waals surface area (Å²) in [6.45, 7) is 5.14. The van der Waals surface area contributed by atoms with Crippen molar-refractivity contribution in [1.29, 1.82) is 0 Å². The van der Waals surface area contributed by atoms with Crippen molar-refractivity contribution in [2.75, 3.05) is 19.8 Å². The minimum Gasteiger partial charge on any atom is -0.475 e. The van der Waals surface area contributed by atoms with Crippen LogP contribution in [-0.2, 0) is 4.74 Å². The van der Waals surface area contributed by atoms with Crippen LogP contribution in [0.4, 0.5) is 0 Å². The van der Waals surface area contributed by atoms with Crippen LogP contribution in [0.2, 0.25) is 0 Å². The van der Waals surface area contributed by atoms with Crippen LogP contribution in [0.3, 0.4) is 0 Å². The van der Waals surface area contributed by atoms with Gasteiger partial charge in [-0.15, -0.1) is 0 Å². The molecule has 1 heterocycles. The zero-order valence-electron chi connectivity index (χ0n) is 9.03. The number of pyridine rings is 1. The second-order valence-electron chi connectivity index (χ2n) is 2.99. The summed E-state index contributed by atoms with van der Waals surface area (Å²) in [7, 11) is 0. The van der Waals surface area contributed by atoms with E-state index in [1.165, 1.54) is 13.1 Å². The number of rotatable bonds is 6. The highest BCUT2D eigenvalue weighted by molar-refractivity contribution is 5.93. The lowest BCUT2D eigenvalue weighted by molar-refractivity contribution is 0.101. The molecule has 0 aromatic carbocycles. The maximum atomic E-state index is 11.0. The molecule has 0 radical (unpaired) electrons. The Bertz CT molecular complexity index is 308. The number of hydrogen-bond acceptors (Lipinski definition) is 4. The number of nitrogens with zero attached hydrogens (tertiary/aromatic N) is 1. The number of ketones is 1. The molecule has 0 bridgehead atoms. The molecule has 0 fully saturated rings. The second-order valence-corrected chi connectivity index (χ2v) is 2.99. The first-order chi connectivity index (χ1) is 7.24. The van der Waals surface area contributed by atoms with Gasteiger partial charge >= 0.3 is 0 Å². The van der Waals surface area contributed by atoms with Crippen molar-refractivity contribution in [2.24, 2.45) is 0 Å². The highest BCUT2D eigenvalue weighted by Crippen LogP contribution is 2.07. The van der Waals surface area contributed by atoms with E-state index in [1.54, 1.807) is 12.1 Å². The highest BCUT2D eigenvalue weighted by Gasteiger charge is 2.00. The normalized spacial score (nSPS) is 10.0. The van der Waals surface area contributed by atoms with E-state index in [1.807, 2.05) is 6.92 Å². The number of Topliss-reactive ketones (excluding diaryl/α,β-unsaturated/α-hetero) is 1. The van der Waals surface area contributed by atoms with E-state index in [-0.39, 0.29) is 5.78 Å². The molecule has 4 heteroatoms. The first kappa shape index (κ1) is 11.7. The fourth-order valence-corrected chi connectivity index (χ4v) is 1.02. The van der Waals surface area contributed by atoms with E-state index in [0.717, 1.165) is 0 Å². The van der Waals surface area contributed by atoms with E-state index in [4.69, 9.17) is 9.47 Å². The quantitative estimate of drug-likeness (QED) is 0.528. The van der Waals surface area contributed by atoms with Crippen LogP contribution in [0.1, 0.15) is 24.2 Å². The number of carbonyl (C=O) groups excluding carboxylic acids is 1. The Hall–Kier alpha value is -1.42. The van der Waals surface area contributed by atoms with Gasteiger partial charge in [-0.3, -0.25) is 4.79 Å². The molecule has 0 saturated carbocycles. The second kappa shape index (κ2) is 6.14. The van der Waals surface area contributed by atoms with Gasteiger partial charge < -0.3 is 9.47 Å². The average Bonchev–Trinajstić information content (AvgIpc) is 2.25. The maximum Gasteiger partial charge on any atom is 0.213 e. The zero-order valence-corrected chi connectivity index (χ0v) is 9.03. The van der Waals surface area contributed by atoms with Gasteiger partial charge in [-0.25, -0.2) is 4.98 Å². The van der Waals surface area contributed by atoms with Crippen LogP contribution in [-0.4, -0.2) is 30.6 Å². The molecule has 1 rings (SSSR count). The number of ether oxygens (including phenoxy) is 2. The third-order valence-corrected chi connectivity index (χ3v) is 1.82. The predicted octanol–water partition coefficient (Wildman–Crippen LogP) is 1.70. The van der Waals surface area contributed by atoms with Gasteiger partial charge in [0.15, 0.2) is 5.78 Å². The Kier molecular flexibility index (Phi) is 4.77.